The van der Waals surface area contributed by atoms with Gasteiger partial charge in [-0.1, -0.05) is 25.3 Å². The fraction of sp³-hybridized carbons (Fsp3) is 0.588. The zero-order valence-electron chi connectivity index (χ0n) is 12.4. The largest absolute Gasteiger partial charge is 0.378 e. The van der Waals surface area contributed by atoms with E-state index < -0.39 is 5.82 Å². The van der Waals surface area contributed by atoms with E-state index in [1.807, 2.05) is 6.07 Å². The van der Waals surface area contributed by atoms with Gasteiger partial charge in [-0.25, -0.2) is 4.39 Å². The lowest BCUT2D eigenvalue weighted by molar-refractivity contribution is 0.0273. The first-order valence-electron chi connectivity index (χ1n) is 7.80. The van der Waals surface area contributed by atoms with Crippen LogP contribution in [0, 0.1) is 17.1 Å². The van der Waals surface area contributed by atoms with Crippen LogP contribution in [0.4, 0.5) is 4.39 Å². The Bertz CT molecular complexity index is 478. The van der Waals surface area contributed by atoms with Crippen molar-refractivity contribution < 1.29 is 9.13 Å². The number of rotatable bonds is 7. The minimum atomic E-state index is -0.456. The maximum absolute atomic E-state index is 13.2. The highest BCUT2D eigenvalue weighted by molar-refractivity contribution is 5.34. The molecule has 2 rings (SSSR count). The van der Waals surface area contributed by atoms with Gasteiger partial charge in [0.2, 0.25) is 0 Å². The molecule has 0 spiro atoms. The molecule has 1 aliphatic carbocycles. The molecule has 1 aromatic carbocycles. The van der Waals surface area contributed by atoms with Crippen molar-refractivity contribution >= 4 is 0 Å². The molecule has 1 N–H and O–H groups in total. The van der Waals surface area contributed by atoms with Crippen LogP contribution < -0.4 is 5.32 Å². The first-order chi connectivity index (χ1) is 10.3. The summed E-state index contributed by atoms with van der Waals surface area (Å²) in [4.78, 5) is 0. The molecule has 0 aliphatic heterocycles. The van der Waals surface area contributed by atoms with Crippen LogP contribution in [0.15, 0.2) is 18.2 Å². The van der Waals surface area contributed by atoms with E-state index in [4.69, 9.17) is 10.00 Å². The van der Waals surface area contributed by atoms with Crippen LogP contribution in [0.5, 0.6) is 0 Å². The highest BCUT2D eigenvalue weighted by Crippen LogP contribution is 2.20. The molecule has 1 fully saturated rings. The molecule has 0 saturated heterocycles. The summed E-state index contributed by atoms with van der Waals surface area (Å²) >= 11 is 0. The van der Waals surface area contributed by atoms with Gasteiger partial charge >= 0.3 is 0 Å². The first kappa shape index (κ1) is 15.9. The van der Waals surface area contributed by atoms with Crippen LogP contribution in [0.1, 0.15) is 49.7 Å². The molecule has 3 nitrogen and oxygen atoms in total. The summed E-state index contributed by atoms with van der Waals surface area (Å²) in [5.41, 5.74) is 1.04. The second-order valence-electron chi connectivity index (χ2n) is 5.59. The van der Waals surface area contributed by atoms with Crippen LogP contribution in [0.2, 0.25) is 0 Å². The maximum atomic E-state index is 13.2. The number of hydrogen-bond acceptors (Lipinski definition) is 3. The van der Waals surface area contributed by atoms with E-state index in [1.165, 1.54) is 38.2 Å². The second-order valence-corrected chi connectivity index (χ2v) is 5.59. The molecule has 4 heteroatoms. The average molecular weight is 290 g/mol. The number of hydrogen-bond donors (Lipinski definition) is 1. The van der Waals surface area contributed by atoms with Crippen LogP contribution in [-0.2, 0) is 11.3 Å². The predicted molar refractivity (Wildman–Crippen MR) is 80.3 cm³/mol. The van der Waals surface area contributed by atoms with E-state index in [2.05, 4.69) is 5.32 Å². The summed E-state index contributed by atoms with van der Waals surface area (Å²) < 4.78 is 19.0. The second kappa shape index (κ2) is 8.76. The molecule has 0 atom stereocenters. The fourth-order valence-corrected chi connectivity index (χ4v) is 2.68. The van der Waals surface area contributed by atoms with Gasteiger partial charge in [0.25, 0.3) is 0 Å². The van der Waals surface area contributed by atoms with Gasteiger partial charge in [0.1, 0.15) is 11.9 Å². The van der Waals surface area contributed by atoms with Crippen molar-refractivity contribution in [1.82, 2.24) is 5.32 Å². The topological polar surface area (TPSA) is 45.0 Å². The van der Waals surface area contributed by atoms with E-state index in [1.54, 1.807) is 12.1 Å². The molecule has 0 bridgehead atoms. The molecule has 21 heavy (non-hydrogen) atoms. The minimum Gasteiger partial charge on any atom is -0.378 e. The maximum Gasteiger partial charge on any atom is 0.140 e. The van der Waals surface area contributed by atoms with E-state index in [0.29, 0.717) is 12.6 Å². The van der Waals surface area contributed by atoms with Gasteiger partial charge in [-0.2, -0.15) is 5.26 Å². The monoisotopic (exact) mass is 290 g/mol. The van der Waals surface area contributed by atoms with Crippen LogP contribution in [0.3, 0.4) is 0 Å². The minimum absolute atomic E-state index is 0.106. The van der Waals surface area contributed by atoms with Crippen LogP contribution in [0.25, 0.3) is 0 Å². The molecule has 1 aromatic rings. The predicted octanol–water partition coefficient (Wildman–Crippen LogP) is 3.53. The van der Waals surface area contributed by atoms with Gasteiger partial charge in [-0.05, 0) is 43.5 Å². The van der Waals surface area contributed by atoms with Crippen LogP contribution >= 0.6 is 0 Å². The number of nitriles is 1. The fourth-order valence-electron chi connectivity index (χ4n) is 2.68. The van der Waals surface area contributed by atoms with E-state index in [-0.39, 0.29) is 5.56 Å². The molecular formula is C17H23FN2O. The van der Waals surface area contributed by atoms with Crippen molar-refractivity contribution in [2.75, 3.05) is 13.2 Å². The molecule has 1 saturated carbocycles. The third kappa shape index (κ3) is 5.45. The van der Waals surface area contributed by atoms with Gasteiger partial charge in [-0.15, -0.1) is 0 Å². The normalized spacial score (nSPS) is 15.8. The third-order valence-electron chi connectivity index (χ3n) is 3.88. The molecule has 0 amide bonds. The van der Waals surface area contributed by atoms with Gasteiger partial charge in [-0.3, -0.25) is 0 Å². The van der Waals surface area contributed by atoms with Crippen LogP contribution in [-0.4, -0.2) is 19.3 Å². The van der Waals surface area contributed by atoms with Gasteiger partial charge in [0.05, 0.1) is 11.7 Å². The van der Waals surface area contributed by atoms with E-state index in [0.717, 1.165) is 25.1 Å². The quantitative estimate of drug-likeness (QED) is 0.781. The van der Waals surface area contributed by atoms with Crippen molar-refractivity contribution in [1.29, 1.82) is 5.26 Å². The summed E-state index contributed by atoms with van der Waals surface area (Å²) in [6.07, 6.45) is 7.81. The molecule has 114 valence electrons. The number of nitrogens with one attached hydrogen (secondary N) is 1. The Hall–Kier alpha value is -1.44. The van der Waals surface area contributed by atoms with Gasteiger partial charge in [0.15, 0.2) is 0 Å². The number of benzene rings is 1. The number of halogens is 1. The zero-order valence-corrected chi connectivity index (χ0v) is 12.4. The summed E-state index contributed by atoms with van der Waals surface area (Å²) in [6.45, 7) is 2.31. The summed E-state index contributed by atoms with van der Waals surface area (Å²) in [6, 6.07) is 6.52. The van der Waals surface area contributed by atoms with Crippen molar-refractivity contribution in [3.63, 3.8) is 0 Å². The summed E-state index contributed by atoms with van der Waals surface area (Å²) in [5, 5.41) is 12.1. The lowest BCUT2D eigenvalue weighted by Crippen LogP contribution is -2.20. The zero-order chi connectivity index (χ0) is 14.9. The number of ether oxygens (including phenoxy) is 1. The molecular weight excluding hydrogens is 267 g/mol. The van der Waals surface area contributed by atoms with Crippen molar-refractivity contribution in [3.8, 4) is 6.07 Å². The lowest BCUT2D eigenvalue weighted by atomic mass is 9.98. The summed E-state index contributed by atoms with van der Waals surface area (Å²) in [7, 11) is 0. The molecule has 0 unspecified atom stereocenters. The Morgan fingerprint density at radius 2 is 2.10 bits per heavy atom. The molecule has 0 heterocycles. The third-order valence-corrected chi connectivity index (χ3v) is 3.88. The highest BCUT2D eigenvalue weighted by Gasteiger charge is 2.12. The smallest absolute Gasteiger partial charge is 0.140 e. The Morgan fingerprint density at radius 3 is 2.86 bits per heavy atom. The van der Waals surface area contributed by atoms with Crippen molar-refractivity contribution in [2.45, 2.75) is 51.2 Å². The molecule has 0 aromatic heterocycles. The first-order valence-corrected chi connectivity index (χ1v) is 7.80. The highest BCUT2D eigenvalue weighted by atomic mass is 19.1. The SMILES string of the molecule is N#Cc1cc(CNCCCOC2CCCCC2)ccc1F. The Kier molecular flexibility index (Phi) is 6.65. The Morgan fingerprint density at radius 1 is 1.29 bits per heavy atom. The summed E-state index contributed by atoms with van der Waals surface area (Å²) in [5.74, 6) is -0.456. The average Bonchev–Trinajstić information content (AvgIpc) is 2.53. The van der Waals surface area contributed by atoms with E-state index in [9.17, 15) is 4.39 Å². The van der Waals surface area contributed by atoms with Crippen molar-refractivity contribution in [3.05, 3.63) is 35.1 Å². The van der Waals surface area contributed by atoms with Gasteiger partial charge in [0, 0.05) is 13.2 Å². The van der Waals surface area contributed by atoms with E-state index >= 15 is 0 Å². The van der Waals surface area contributed by atoms with Gasteiger partial charge < -0.3 is 10.1 Å². The lowest BCUT2D eigenvalue weighted by Gasteiger charge is -2.21. The Balaban J connectivity index is 1.58. The Labute approximate surface area is 126 Å². The van der Waals surface area contributed by atoms with Crippen molar-refractivity contribution in [2.24, 2.45) is 0 Å². The number of nitrogens with zero attached hydrogens (tertiary/aromatic N) is 1. The molecule has 0 radical (unpaired) electrons. The standard InChI is InChI=1S/C17H23FN2O/c18-17-8-7-14(11-15(17)12-19)13-20-9-4-10-21-16-5-2-1-3-6-16/h7-8,11,16,20H,1-6,9-10,13H2. The molecule has 1 aliphatic rings.